The summed E-state index contributed by atoms with van der Waals surface area (Å²) < 4.78 is 24.0. The number of benzene rings is 2. The topological polar surface area (TPSA) is 99.5 Å². The van der Waals surface area contributed by atoms with Crippen LogP contribution >= 0.6 is 11.8 Å². The molecule has 0 aliphatic heterocycles. The van der Waals surface area contributed by atoms with E-state index in [-0.39, 0.29) is 5.75 Å². The monoisotopic (exact) mass is 452 g/mol. The van der Waals surface area contributed by atoms with Crippen molar-refractivity contribution < 1.29 is 8.76 Å². The minimum atomic E-state index is -2.08. The third-order valence-corrected chi connectivity index (χ3v) is 6.44. The molecule has 0 radical (unpaired) electrons. The summed E-state index contributed by atoms with van der Waals surface area (Å²) in [6, 6.07) is 17.9. The summed E-state index contributed by atoms with van der Waals surface area (Å²) in [6.45, 7) is 0.745. The number of aryl methyl sites for hydroxylation is 1. The fourth-order valence-electron chi connectivity index (χ4n) is 3.23. The van der Waals surface area contributed by atoms with Crippen LogP contribution in [0.2, 0.25) is 0 Å². The number of hydrogen-bond acceptors (Lipinski definition) is 6. The Hall–Kier alpha value is -2.75. The van der Waals surface area contributed by atoms with E-state index in [0.717, 1.165) is 46.5 Å². The van der Waals surface area contributed by atoms with Crippen LogP contribution in [0.1, 0.15) is 28.2 Å². The van der Waals surface area contributed by atoms with Crippen molar-refractivity contribution in [2.45, 2.75) is 36.0 Å². The Labute approximate surface area is 187 Å². The van der Waals surface area contributed by atoms with Crippen molar-refractivity contribution in [2.75, 3.05) is 0 Å². The summed E-state index contributed by atoms with van der Waals surface area (Å²) in [5.74, 6) is 1.74. The maximum atomic E-state index is 10.9. The summed E-state index contributed by atoms with van der Waals surface area (Å²) in [6.07, 6.45) is 4.95. The van der Waals surface area contributed by atoms with E-state index in [1.165, 1.54) is 5.56 Å². The second-order valence-corrected chi connectivity index (χ2v) is 8.93. The average Bonchev–Trinajstić information content (AvgIpc) is 3.42. The van der Waals surface area contributed by atoms with Crippen molar-refractivity contribution in [1.29, 1.82) is 0 Å². The molecule has 0 fully saturated rings. The van der Waals surface area contributed by atoms with E-state index >= 15 is 0 Å². The molecule has 0 saturated heterocycles. The largest absolute Gasteiger partial charge is 0.772 e. The van der Waals surface area contributed by atoms with Gasteiger partial charge < -0.3 is 14.1 Å². The van der Waals surface area contributed by atoms with Crippen LogP contribution in [-0.2, 0) is 42.0 Å². The first-order valence-corrected chi connectivity index (χ1v) is 12.1. The standard InChI is InChI=1S/C22H23N5O2S2/c28-31(29)15-19-8-6-17(7-9-19)12-21-25-26-22(30-14-18-4-2-1-3-5-18)27(21)11-10-20-13-23-16-24-20/h1-9,13,16H,10-12,14-15H2,(H,23,24)(H,28,29)/p-1. The fourth-order valence-corrected chi connectivity index (χ4v) is 4.63. The highest BCUT2D eigenvalue weighted by molar-refractivity contribution is 7.98. The Balaban J connectivity index is 1.51. The lowest BCUT2D eigenvalue weighted by Gasteiger charge is -2.10. The molecule has 2 aromatic heterocycles. The SMILES string of the molecule is O=S([O-])Cc1ccc(Cc2nnc(SCc3ccccc3)n2CCc2cnc[nH]2)cc1. The molecule has 2 heterocycles. The van der Waals surface area contributed by atoms with Crippen molar-refractivity contribution in [1.82, 2.24) is 24.7 Å². The summed E-state index contributed by atoms with van der Waals surface area (Å²) in [7, 11) is 0. The average molecular weight is 453 g/mol. The zero-order chi connectivity index (χ0) is 21.5. The maximum absolute atomic E-state index is 10.9. The lowest BCUT2D eigenvalue weighted by atomic mass is 10.1. The minimum absolute atomic E-state index is 0.0287. The number of aromatic nitrogens is 5. The van der Waals surface area contributed by atoms with Gasteiger partial charge >= 0.3 is 0 Å². The predicted octanol–water partition coefficient (Wildman–Crippen LogP) is 3.51. The van der Waals surface area contributed by atoms with Crippen LogP contribution in [-0.4, -0.2) is 33.5 Å². The quantitative estimate of drug-likeness (QED) is 0.292. The van der Waals surface area contributed by atoms with Gasteiger partial charge in [0.15, 0.2) is 5.16 Å². The number of H-pyrrole nitrogens is 1. The van der Waals surface area contributed by atoms with Gasteiger partial charge in [0.25, 0.3) is 0 Å². The van der Waals surface area contributed by atoms with Crippen LogP contribution in [0.5, 0.6) is 0 Å². The van der Waals surface area contributed by atoms with Gasteiger partial charge in [0.1, 0.15) is 5.82 Å². The molecule has 9 heteroatoms. The lowest BCUT2D eigenvalue weighted by Crippen LogP contribution is -2.09. The van der Waals surface area contributed by atoms with Gasteiger partial charge in [0.05, 0.1) is 6.33 Å². The third-order valence-electron chi connectivity index (χ3n) is 4.83. The summed E-state index contributed by atoms with van der Waals surface area (Å²) in [4.78, 5) is 7.24. The number of aromatic amines is 1. The van der Waals surface area contributed by atoms with Crippen LogP contribution in [0.3, 0.4) is 0 Å². The van der Waals surface area contributed by atoms with Gasteiger partial charge in [-0.1, -0.05) is 77.4 Å². The van der Waals surface area contributed by atoms with Crippen molar-refractivity contribution in [3.05, 3.63) is 95.3 Å². The third kappa shape index (κ3) is 6.13. The van der Waals surface area contributed by atoms with Gasteiger partial charge in [-0.25, -0.2) is 4.98 Å². The highest BCUT2D eigenvalue weighted by Crippen LogP contribution is 2.23. The van der Waals surface area contributed by atoms with E-state index in [2.05, 4.69) is 36.9 Å². The van der Waals surface area contributed by atoms with Gasteiger partial charge in [0, 0.05) is 42.8 Å². The lowest BCUT2D eigenvalue weighted by molar-refractivity contribution is 0.536. The van der Waals surface area contributed by atoms with Crippen molar-refractivity contribution >= 4 is 22.8 Å². The Morgan fingerprint density at radius 2 is 1.77 bits per heavy atom. The van der Waals surface area contributed by atoms with E-state index in [1.54, 1.807) is 18.1 Å². The summed E-state index contributed by atoms with van der Waals surface area (Å²) in [5.41, 5.74) is 4.14. The second-order valence-electron chi connectivity index (χ2n) is 7.09. The summed E-state index contributed by atoms with van der Waals surface area (Å²) >= 11 is -0.412. The van der Waals surface area contributed by atoms with Crippen LogP contribution in [0.25, 0.3) is 0 Å². The fraction of sp³-hybridized carbons (Fsp3) is 0.227. The number of imidazole rings is 1. The number of hydrogen-bond donors (Lipinski definition) is 1. The zero-order valence-corrected chi connectivity index (χ0v) is 18.4. The van der Waals surface area contributed by atoms with Crippen LogP contribution in [0.15, 0.2) is 72.3 Å². The highest BCUT2D eigenvalue weighted by Gasteiger charge is 2.14. The highest BCUT2D eigenvalue weighted by atomic mass is 32.2. The van der Waals surface area contributed by atoms with E-state index < -0.39 is 11.1 Å². The number of nitrogens with zero attached hydrogens (tertiary/aromatic N) is 4. The molecule has 2 aromatic carbocycles. The van der Waals surface area contributed by atoms with Crippen molar-refractivity contribution in [3.8, 4) is 0 Å². The first-order chi connectivity index (χ1) is 15.2. The zero-order valence-electron chi connectivity index (χ0n) is 16.8. The van der Waals surface area contributed by atoms with Gasteiger partial charge in [0.2, 0.25) is 0 Å². The minimum Gasteiger partial charge on any atom is -0.772 e. The molecule has 7 nitrogen and oxygen atoms in total. The molecule has 0 bridgehead atoms. The van der Waals surface area contributed by atoms with Gasteiger partial charge in [-0.3, -0.25) is 4.21 Å². The molecule has 0 spiro atoms. The molecular formula is C22H22N5O2S2-. The Bertz CT molecular complexity index is 1110. The van der Waals surface area contributed by atoms with Gasteiger partial charge in [-0.05, 0) is 16.7 Å². The molecule has 0 amide bonds. The van der Waals surface area contributed by atoms with Gasteiger partial charge in [-0.15, -0.1) is 10.2 Å². The molecule has 4 aromatic rings. The predicted molar refractivity (Wildman–Crippen MR) is 120 cm³/mol. The Morgan fingerprint density at radius 3 is 2.48 bits per heavy atom. The van der Waals surface area contributed by atoms with Crippen molar-refractivity contribution in [3.63, 3.8) is 0 Å². The van der Waals surface area contributed by atoms with E-state index in [4.69, 9.17) is 0 Å². The molecule has 0 saturated carbocycles. The molecule has 160 valence electrons. The molecule has 31 heavy (non-hydrogen) atoms. The molecule has 1 unspecified atom stereocenters. The molecule has 0 aliphatic carbocycles. The Morgan fingerprint density at radius 1 is 1.00 bits per heavy atom. The van der Waals surface area contributed by atoms with E-state index in [0.29, 0.717) is 6.42 Å². The number of nitrogens with one attached hydrogen (secondary N) is 1. The Kier molecular flexibility index (Phi) is 7.29. The normalized spacial score (nSPS) is 12.2. The first-order valence-electron chi connectivity index (χ1n) is 9.87. The van der Waals surface area contributed by atoms with E-state index in [9.17, 15) is 8.76 Å². The van der Waals surface area contributed by atoms with Crippen LogP contribution in [0, 0.1) is 0 Å². The smallest absolute Gasteiger partial charge is 0.191 e. The van der Waals surface area contributed by atoms with E-state index in [1.807, 2.05) is 48.7 Å². The molecular weight excluding hydrogens is 430 g/mol. The second kappa shape index (κ2) is 10.5. The van der Waals surface area contributed by atoms with Crippen molar-refractivity contribution in [2.24, 2.45) is 0 Å². The number of thioether (sulfide) groups is 1. The first kappa shape index (κ1) is 21.5. The van der Waals surface area contributed by atoms with Gasteiger partial charge in [-0.2, -0.15) is 0 Å². The molecule has 1 atom stereocenters. The summed E-state index contributed by atoms with van der Waals surface area (Å²) in [5, 5.41) is 9.80. The van der Waals surface area contributed by atoms with Crippen LogP contribution < -0.4 is 0 Å². The molecule has 4 rings (SSSR count). The number of rotatable bonds is 10. The van der Waals surface area contributed by atoms with Crippen LogP contribution in [0.4, 0.5) is 0 Å². The maximum Gasteiger partial charge on any atom is 0.191 e. The molecule has 0 aliphatic rings. The molecule has 1 N–H and O–H groups in total.